The minimum absolute atomic E-state index is 0.308. The van der Waals surface area contributed by atoms with E-state index in [1.807, 2.05) is 0 Å². The van der Waals surface area contributed by atoms with Crippen LogP contribution in [0.4, 0.5) is 13.2 Å². The number of alkyl halides is 3. The van der Waals surface area contributed by atoms with Crippen molar-refractivity contribution in [1.82, 2.24) is 5.32 Å². The molecule has 3 nitrogen and oxygen atoms in total. The van der Waals surface area contributed by atoms with Crippen molar-refractivity contribution in [3.8, 4) is 6.07 Å². The summed E-state index contributed by atoms with van der Waals surface area (Å²) in [5, 5.41) is 10.8. The molecule has 1 N–H and O–H groups in total. The molecule has 1 atom stereocenters. The summed E-state index contributed by atoms with van der Waals surface area (Å²) in [5.41, 5.74) is -0.485. The molecule has 0 heterocycles. The Kier molecular flexibility index (Phi) is 3.51. The minimum atomic E-state index is -4.40. The number of hydrogen-bond acceptors (Lipinski definition) is 2. The Bertz CT molecular complexity index is 406. The third-order valence-electron chi connectivity index (χ3n) is 1.94. The van der Waals surface area contributed by atoms with Gasteiger partial charge in [0, 0.05) is 0 Å². The van der Waals surface area contributed by atoms with Gasteiger partial charge in [-0.1, -0.05) is 12.1 Å². The summed E-state index contributed by atoms with van der Waals surface area (Å²) in [6.45, 7) is 0. The number of carbonyl (C=O) groups is 1. The molecule has 0 saturated carbocycles. The van der Waals surface area contributed by atoms with E-state index >= 15 is 0 Å². The molecular weight excluding hydrogens is 221 g/mol. The lowest BCUT2D eigenvalue weighted by Gasteiger charge is -2.10. The van der Waals surface area contributed by atoms with Gasteiger partial charge in [-0.15, -0.1) is 0 Å². The molecule has 0 aliphatic heterocycles. The Hall–Kier alpha value is -2.03. The molecule has 0 aromatic heterocycles. The smallest absolute Gasteiger partial charge is 0.339 e. The first-order valence-corrected chi connectivity index (χ1v) is 4.25. The van der Waals surface area contributed by atoms with Crippen LogP contribution in [0, 0.1) is 11.3 Å². The molecule has 16 heavy (non-hydrogen) atoms. The number of nitrogens with one attached hydrogen (secondary N) is 1. The predicted octanol–water partition coefficient (Wildman–Crippen LogP) is 2.02. The van der Waals surface area contributed by atoms with Gasteiger partial charge in [-0.3, -0.25) is 4.79 Å². The average molecular weight is 228 g/mol. The second kappa shape index (κ2) is 4.66. The van der Waals surface area contributed by atoms with Gasteiger partial charge in [-0.25, -0.2) is 0 Å². The van der Waals surface area contributed by atoms with Gasteiger partial charge in [0.25, 0.3) is 0 Å². The van der Waals surface area contributed by atoms with Crippen LogP contribution < -0.4 is 5.32 Å². The summed E-state index contributed by atoms with van der Waals surface area (Å²) < 4.78 is 36.6. The van der Waals surface area contributed by atoms with Gasteiger partial charge < -0.3 is 5.32 Å². The van der Waals surface area contributed by atoms with Crippen LogP contribution in [0.3, 0.4) is 0 Å². The maximum absolute atomic E-state index is 12.2. The van der Waals surface area contributed by atoms with Crippen molar-refractivity contribution in [2.75, 3.05) is 0 Å². The Balaban J connectivity index is 2.94. The molecule has 1 unspecified atom stereocenters. The zero-order valence-corrected chi connectivity index (χ0v) is 7.95. The van der Waals surface area contributed by atoms with E-state index in [1.165, 1.54) is 0 Å². The zero-order chi connectivity index (χ0) is 12.2. The second-order valence-electron chi connectivity index (χ2n) is 2.97. The topological polar surface area (TPSA) is 52.9 Å². The van der Waals surface area contributed by atoms with Gasteiger partial charge in [0.2, 0.25) is 6.41 Å². The molecule has 0 bridgehead atoms. The van der Waals surface area contributed by atoms with Crippen molar-refractivity contribution in [3.63, 3.8) is 0 Å². The van der Waals surface area contributed by atoms with Gasteiger partial charge in [-0.05, 0) is 17.7 Å². The average Bonchev–Trinajstić information content (AvgIpc) is 2.25. The molecule has 1 amide bonds. The maximum Gasteiger partial charge on any atom is 0.416 e. The minimum Gasteiger partial charge on any atom is -0.339 e. The number of carbonyl (C=O) groups excluding carboxylic acids is 1. The molecule has 0 aliphatic carbocycles. The SMILES string of the molecule is N#CC(NC=O)c1ccc(C(F)(F)F)cc1. The first-order valence-electron chi connectivity index (χ1n) is 4.25. The van der Waals surface area contributed by atoms with E-state index in [0.717, 1.165) is 24.3 Å². The number of benzene rings is 1. The van der Waals surface area contributed by atoms with Crippen LogP contribution in [0.1, 0.15) is 17.2 Å². The largest absolute Gasteiger partial charge is 0.416 e. The quantitative estimate of drug-likeness (QED) is 0.804. The van der Waals surface area contributed by atoms with Crippen molar-refractivity contribution in [2.24, 2.45) is 0 Å². The predicted molar refractivity (Wildman–Crippen MR) is 49.0 cm³/mol. The van der Waals surface area contributed by atoms with E-state index < -0.39 is 17.8 Å². The van der Waals surface area contributed by atoms with Crippen molar-refractivity contribution in [3.05, 3.63) is 35.4 Å². The van der Waals surface area contributed by atoms with Crippen LogP contribution >= 0.6 is 0 Å². The Morgan fingerprint density at radius 3 is 2.25 bits per heavy atom. The summed E-state index contributed by atoms with van der Waals surface area (Å²) in [6.07, 6.45) is -4.08. The summed E-state index contributed by atoms with van der Waals surface area (Å²) in [6, 6.07) is 4.88. The van der Waals surface area contributed by atoms with E-state index in [-0.39, 0.29) is 0 Å². The van der Waals surface area contributed by atoms with Crippen LogP contribution in [-0.4, -0.2) is 6.41 Å². The van der Waals surface area contributed by atoms with Crippen LogP contribution in [0.2, 0.25) is 0 Å². The van der Waals surface area contributed by atoms with Crippen molar-refractivity contribution in [1.29, 1.82) is 5.26 Å². The number of nitrogens with zero attached hydrogens (tertiary/aromatic N) is 1. The summed E-state index contributed by atoms with van der Waals surface area (Å²) in [5.74, 6) is 0. The number of nitriles is 1. The van der Waals surface area contributed by atoms with Gasteiger partial charge in [0.15, 0.2) is 0 Å². The molecule has 6 heteroatoms. The Morgan fingerprint density at radius 2 is 1.88 bits per heavy atom. The zero-order valence-electron chi connectivity index (χ0n) is 7.95. The van der Waals surface area contributed by atoms with E-state index in [1.54, 1.807) is 6.07 Å². The van der Waals surface area contributed by atoms with Crippen LogP contribution in [-0.2, 0) is 11.0 Å². The summed E-state index contributed by atoms with van der Waals surface area (Å²) in [7, 11) is 0. The van der Waals surface area contributed by atoms with E-state index in [2.05, 4.69) is 5.32 Å². The molecule has 0 aliphatic rings. The molecule has 1 aromatic carbocycles. The summed E-state index contributed by atoms with van der Waals surface area (Å²) in [4.78, 5) is 10.1. The molecule has 1 rings (SSSR count). The molecule has 0 saturated heterocycles. The normalized spacial score (nSPS) is 12.6. The van der Waals surface area contributed by atoms with Crippen molar-refractivity contribution in [2.45, 2.75) is 12.2 Å². The molecule has 0 fully saturated rings. The fraction of sp³-hybridized carbons (Fsp3) is 0.200. The van der Waals surface area contributed by atoms with E-state index in [9.17, 15) is 18.0 Å². The summed E-state index contributed by atoms with van der Waals surface area (Å²) >= 11 is 0. The Morgan fingerprint density at radius 1 is 1.31 bits per heavy atom. The van der Waals surface area contributed by atoms with Crippen molar-refractivity contribution >= 4 is 6.41 Å². The first kappa shape index (κ1) is 12.0. The monoisotopic (exact) mass is 228 g/mol. The van der Waals surface area contributed by atoms with Gasteiger partial charge in [0.05, 0.1) is 11.6 Å². The van der Waals surface area contributed by atoms with Gasteiger partial charge in [0.1, 0.15) is 6.04 Å². The van der Waals surface area contributed by atoms with E-state index in [4.69, 9.17) is 5.26 Å². The van der Waals surface area contributed by atoms with Gasteiger partial charge in [-0.2, -0.15) is 18.4 Å². The second-order valence-corrected chi connectivity index (χ2v) is 2.97. The number of halogens is 3. The highest BCUT2D eigenvalue weighted by atomic mass is 19.4. The first-order chi connectivity index (χ1) is 7.49. The van der Waals surface area contributed by atoms with Crippen LogP contribution in [0.15, 0.2) is 24.3 Å². The van der Waals surface area contributed by atoms with Crippen LogP contribution in [0.25, 0.3) is 0 Å². The fourth-order valence-corrected chi connectivity index (χ4v) is 1.14. The fourth-order valence-electron chi connectivity index (χ4n) is 1.14. The molecule has 84 valence electrons. The Labute approximate surface area is 89.5 Å². The lowest BCUT2D eigenvalue weighted by Crippen LogP contribution is -2.17. The molecule has 1 aromatic rings. The highest BCUT2D eigenvalue weighted by Crippen LogP contribution is 2.29. The molecule has 0 radical (unpaired) electrons. The maximum atomic E-state index is 12.2. The highest BCUT2D eigenvalue weighted by Gasteiger charge is 2.30. The van der Waals surface area contributed by atoms with Crippen LogP contribution in [0.5, 0.6) is 0 Å². The number of hydrogen-bond donors (Lipinski definition) is 1. The number of rotatable bonds is 3. The number of amides is 1. The lowest BCUT2D eigenvalue weighted by atomic mass is 10.1. The standard InChI is InChI=1S/C10H7F3N2O/c11-10(12,13)8-3-1-7(2-4-8)9(5-14)15-6-16/h1-4,6,9H,(H,15,16). The third kappa shape index (κ3) is 2.73. The molecular formula is C10H7F3N2O. The van der Waals surface area contributed by atoms with Crippen molar-refractivity contribution < 1.29 is 18.0 Å². The lowest BCUT2D eigenvalue weighted by molar-refractivity contribution is -0.137. The van der Waals surface area contributed by atoms with Gasteiger partial charge >= 0.3 is 6.18 Å². The molecule has 0 spiro atoms. The third-order valence-corrected chi connectivity index (χ3v) is 1.94. The highest BCUT2D eigenvalue weighted by molar-refractivity contribution is 5.49. The van der Waals surface area contributed by atoms with E-state index in [0.29, 0.717) is 12.0 Å².